The van der Waals surface area contributed by atoms with Crippen LogP contribution in [0.5, 0.6) is 0 Å². The first kappa shape index (κ1) is 25.4. The van der Waals surface area contributed by atoms with Gasteiger partial charge in [0.25, 0.3) is 0 Å². The number of fused-ring (bicyclic) bond motifs is 1. The molecule has 0 spiro atoms. The van der Waals surface area contributed by atoms with Crippen molar-refractivity contribution in [2.24, 2.45) is 11.3 Å². The van der Waals surface area contributed by atoms with Gasteiger partial charge < -0.3 is 9.88 Å². The summed E-state index contributed by atoms with van der Waals surface area (Å²) in [5, 5.41) is 2.91. The molecular weight excluding hydrogens is 456 g/mol. The Kier molecular flexibility index (Phi) is 6.84. The van der Waals surface area contributed by atoms with Gasteiger partial charge in [-0.1, -0.05) is 48.0 Å². The summed E-state index contributed by atoms with van der Waals surface area (Å²) < 4.78 is 17.5. The summed E-state index contributed by atoms with van der Waals surface area (Å²) in [5.41, 5.74) is 3.11. The van der Waals surface area contributed by atoms with Gasteiger partial charge in [0.1, 0.15) is 5.82 Å². The van der Waals surface area contributed by atoms with Gasteiger partial charge in [0.05, 0.1) is 21.6 Å². The Bertz CT molecular complexity index is 1240. The summed E-state index contributed by atoms with van der Waals surface area (Å²) in [6, 6.07) is 13.4. The standard InChI is InChI=1S/C28H38N4O2S/c1-27(2,3)25-30-23-17-21(13-16-24(23)32(25)18-19-9-8-10-19)31(7)35(34)22-14-11-20(12-15-22)29-26(33)28(4,5)6/h11-17,19H,8-10,18H2,1-7H3,(H,29,33). The summed E-state index contributed by atoms with van der Waals surface area (Å²) in [5.74, 6) is 1.79. The van der Waals surface area contributed by atoms with Gasteiger partial charge in [0.2, 0.25) is 5.91 Å². The summed E-state index contributed by atoms with van der Waals surface area (Å²) in [6.45, 7) is 13.3. The first-order valence-electron chi connectivity index (χ1n) is 12.4. The zero-order valence-corrected chi connectivity index (χ0v) is 22.8. The van der Waals surface area contributed by atoms with E-state index < -0.39 is 16.4 Å². The number of benzene rings is 2. The molecule has 1 aromatic heterocycles. The number of amides is 1. The lowest BCUT2D eigenvalue weighted by atomic mass is 9.85. The first-order valence-corrected chi connectivity index (χ1v) is 13.5. The Morgan fingerprint density at radius 2 is 1.74 bits per heavy atom. The second-order valence-electron chi connectivity index (χ2n) is 11.7. The number of hydrogen-bond donors (Lipinski definition) is 1. The second-order valence-corrected chi connectivity index (χ2v) is 13.3. The van der Waals surface area contributed by atoms with Gasteiger partial charge in [-0.3, -0.25) is 9.10 Å². The first-order chi connectivity index (χ1) is 16.3. The number of rotatable bonds is 6. The van der Waals surface area contributed by atoms with Gasteiger partial charge in [-0.25, -0.2) is 9.19 Å². The topological polar surface area (TPSA) is 67.2 Å². The third-order valence-electron chi connectivity index (χ3n) is 6.68. The molecule has 1 heterocycles. The van der Waals surface area contributed by atoms with Crippen LogP contribution in [-0.4, -0.2) is 26.7 Å². The third kappa shape index (κ3) is 5.45. The lowest BCUT2D eigenvalue weighted by molar-refractivity contribution is -0.123. The molecule has 1 N–H and O–H groups in total. The Morgan fingerprint density at radius 3 is 2.29 bits per heavy atom. The van der Waals surface area contributed by atoms with Crippen LogP contribution in [0.4, 0.5) is 11.4 Å². The van der Waals surface area contributed by atoms with Crippen LogP contribution in [0.3, 0.4) is 0 Å². The van der Waals surface area contributed by atoms with Crippen molar-refractivity contribution in [3.8, 4) is 0 Å². The van der Waals surface area contributed by atoms with Gasteiger partial charge >= 0.3 is 0 Å². The molecule has 1 saturated carbocycles. The number of carbonyl (C=O) groups excluding carboxylic acids is 1. The highest BCUT2D eigenvalue weighted by molar-refractivity contribution is 7.86. The molecule has 0 radical (unpaired) electrons. The van der Waals surface area contributed by atoms with Gasteiger partial charge in [0.15, 0.2) is 11.0 Å². The molecule has 0 bridgehead atoms. The smallest absolute Gasteiger partial charge is 0.229 e. The molecule has 0 saturated heterocycles. The van der Waals surface area contributed by atoms with Crippen molar-refractivity contribution in [2.75, 3.05) is 16.7 Å². The normalized spacial score (nSPS) is 15.6. The Hall–Kier alpha value is -2.67. The molecule has 3 aromatic rings. The van der Waals surface area contributed by atoms with E-state index in [1.807, 2.05) is 40.0 Å². The van der Waals surface area contributed by atoms with Crippen molar-refractivity contribution < 1.29 is 9.00 Å². The van der Waals surface area contributed by atoms with E-state index in [9.17, 15) is 9.00 Å². The Balaban J connectivity index is 1.57. The van der Waals surface area contributed by atoms with E-state index >= 15 is 0 Å². The van der Waals surface area contributed by atoms with Crippen molar-refractivity contribution >= 4 is 39.3 Å². The van der Waals surface area contributed by atoms with Crippen LogP contribution in [0, 0.1) is 11.3 Å². The molecule has 7 heteroatoms. The van der Waals surface area contributed by atoms with Crippen LogP contribution >= 0.6 is 0 Å². The maximum Gasteiger partial charge on any atom is 0.229 e. The van der Waals surface area contributed by atoms with E-state index in [-0.39, 0.29) is 11.3 Å². The summed E-state index contributed by atoms with van der Waals surface area (Å²) >= 11 is 0. The molecule has 1 unspecified atom stereocenters. The molecule has 6 nitrogen and oxygen atoms in total. The number of hydrogen-bond acceptors (Lipinski definition) is 3. The third-order valence-corrected chi connectivity index (χ3v) is 8.06. The van der Waals surface area contributed by atoms with Crippen molar-refractivity contribution in [3.05, 3.63) is 48.3 Å². The molecule has 1 amide bonds. The van der Waals surface area contributed by atoms with Crippen LogP contribution in [0.25, 0.3) is 11.0 Å². The number of nitrogens with zero attached hydrogens (tertiary/aromatic N) is 3. The molecular formula is C28H38N4O2S. The maximum absolute atomic E-state index is 13.3. The number of nitrogens with one attached hydrogen (secondary N) is 1. The fourth-order valence-electron chi connectivity index (χ4n) is 4.23. The quantitative estimate of drug-likeness (QED) is 0.439. The maximum atomic E-state index is 13.3. The summed E-state index contributed by atoms with van der Waals surface area (Å²) in [6.07, 6.45) is 3.91. The average molecular weight is 495 g/mol. The molecule has 2 aromatic carbocycles. The highest BCUT2D eigenvalue weighted by Crippen LogP contribution is 2.34. The van der Waals surface area contributed by atoms with Crippen LogP contribution < -0.4 is 9.62 Å². The van der Waals surface area contributed by atoms with Crippen LogP contribution in [0.15, 0.2) is 47.4 Å². The molecule has 188 valence electrons. The van der Waals surface area contributed by atoms with Crippen molar-refractivity contribution in [1.29, 1.82) is 0 Å². The minimum absolute atomic E-state index is 0.0526. The highest BCUT2D eigenvalue weighted by Gasteiger charge is 2.27. The van der Waals surface area contributed by atoms with Gasteiger partial charge in [0, 0.05) is 30.1 Å². The number of aromatic nitrogens is 2. The molecule has 35 heavy (non-hydrogen) atoms. The molecule has 1 fully saturated rings. The lowest BCUT2D eigenvalue weighted by Crippen LogP contribution is -2.27. The van der Waals surface area contributed by atoms with E-state index in [4.69, 9.17) is 4.98 Å². The van der Waals surface area contributed by atoms with E-state index in [0.29, 0.717) is 10.6 Å². The van der Waals surface area contributed by atoms with E-state index in [1.54, 1.807) is 28.6 Å². The zero-order chi connectivity index (χ0) is 25.5. The van der Waals surface area contributed by atoms with Crippen LogP contribution in [0.1, 0.15) is 66.6 Å². The van der Waals surface area contributed by atoms with Gasteiger partial charge in [-0.15, -0.1) is 0 Å². The molecule has 1 aliphatic carbocycles. The summed E-state index contributed by atoms with van der Waals surface area (Å²) in [7, 11) is 0.445. The molecule has 1 aliphatic rings. The van der Waals surface area contributed by atoms with Crippen LogP contribution in [0.2, 0.25) is 0 Å². The highest BCUT2D eigenvalue weighted by atomic mass is 32.2. The van der Waals surface area contributed by atoms with E-state index in [1.165, 1.54) is 19.3 Å². The Labute approximate surface area is 211 Å². The van der Waals surface area contributed by atoms with Crippen molar-refractivity contribution in [3.63, 3.8) is 0 Å². The predicted molar refractivity (Wildman–Crippen MR) is 145 cm³/mol. The monoisotopic (exact) mass is 494 g/mol. The Morgan fingerprint density at radius 1 is 1.09 bits per heavy atom. The number of imidazole rings is 1. The minimum Gasteiger partial charge on any atom is -0.327 e. The van der Waals surface area contributed by atoms with E-state index in [2.05, 4.69) is 36.7 Å². The van der Waals surface area contributed by atoms with Crippen molar-refractivity contribution in [2.45, 2.75) is 77.7 Å². The zero-order valence-electron chi connectivity index (χ0n) is 22.0. The minimum atomic E-state index is -1.39. The predicted octanol–water partition coefficient (Wildman–Crippen LogP) is 6.28. The van der Waals surface area contributed by atoms with Crippen molar-refractivity contribution in [1.82, 2.24) is 9.55 Å². The van der Waals surface area contributed by atoms with Crippen LogP contribution in [-0.2, 0) is 27.7 Å². The lowest BCUT2D eigenvalue weighted by Gasteiger charge is -2.29. The fourth-order valence-corrected chi connectivity index (χ4v) is 5.22. The van der Waals surface area contributed by atoms with Gasteiger partial charge in [-0.05, 0) is 61.2 Å². The summed E-state index contributed by atoms with van der Waals surface area (Å²) in [4.78, 5) is 17.9. The van der Waals surface area contributed by atoms with E-state index in [0.717, 1.165) is 35.0 Å². The van der Waals surface area contributed by atoms with Gasteiger partial charge in [-0.2, -0.15) is 0 Å². The number of carbonyl (C=O) groups is 1. The largest absolute Gasteiger partial charge is 0.327 e. The fraction of sp³-hybridized carbons (Fsp3) is 0.500. The number of anilines is 2. The average Bonchev–Trinajstić information content (AvgIpc) is 3.13. The molecule has 1 atom stereocenters. The molecule has 0 aliphatic heterocycles. The second kappa shape index (κ2) is 9.41. The SMILES string of the molecule is CN(c1ccc2c(c1)nc(C(C)(C)C)n2CC1CCC1)S(=O)c1ccc(NC(=O)C(C)(C)C)cc1. The molecule has 4 rings (SSSR count).